The van der Waals surface area contributed by atoms with Crippen molar-refractivity contribution < 1.29 is 57.9 Å². The lowest BCUT2D eigenvalue weighted by Gasteiger charge is -2.49. The third kappa shape index (κ3) is 12.9. The molecule has 71 heavy (non-hydrogen) atoms. The first kappa shape index (κ1) is 56.4. The second kappa shape index (κ2) is 23.1. The molecule has 20 nitrogen and oxygen atoms in total. The number of methoxy groups -OCH3 is 1. The largest absolute Gasteiger partial charge is 0.458 e. The minimum absolute atomic E-state index is 0.0222. The molecule has 4 saturated heterocycles. The van der Waals surface area contributed by atoms with E-state index in [0.29, 0.717) is 51.7 Å². The zero-order valence-electron chi connectivity index (χ0n) is 44.5. The standard InChI is InChI=1S/C51H83N7O13/c1-15-40-51(11)44(52-48(61)71-51)34(7)56(13)27-29(2)25-49(9,62)45(31(4)43(32(5)46(60)68-40)69-41-26-50(10,65-14)33(6)35(8)67-41)70-47-42(59)39(24-30(3)66-47)55(12)22-21-37-28-57(54-53-37)23-20-36-16-18-38(19-17-36)58(63)64/h16-19,28-35,39-45,47,59,62H,15,20-27H2,1-14H3,(H,52,61)/t29-,30-,31+,32-,33+,34-,35+,39+,40-,41+,42-,43+,44-,45-,47+,49-,50-,51-/m1/s1. The molecule has 1 aromatic heterocycles. The summed E-state index contributed by atoms with van der Waals surface area (Å²) < 4.78 is 47.2. The maximum absolute atomic E-state index is 14.7. The van der Waals surface area contributed by atoms with Crippen molar-refractivity contribution in [2.75, 3.05) is 34.3 Å². The molecule has 20 heteroatoms. The number of alkyl carbamates (subject to hydrolysis) is 1. The van der Waals surface area contributed by atoms with Crippen LogP contribution in [0, 0.1) is 33.8 Å². The Labute approximate surface area is 419 Å². The van der Waals surface area contributed by atoms with Crippen molar-refractivity contribution in [1.82, 2.24) is 30.1 Å². The van der Waals surface area contributed by atoms with Crippen molar-refractivity contribution in [3.63, 3.8) is 0 Å². The number of aliphatic hydroxyl groups is 2. The van der Waals surface area contributed by atoms with Gasteiger partial charge < -0.3 is 58.5 Å². The monoisotopic (exact) mass is 1000 g/mol. The minimum atomic E-state index is -1.58. The van der Waals surface area contributed by atoms with Crippen LogP contribution in [0.1, 0.15) is 113 Å². The lowest BCUT2D eigenvalue weighted by Crippen LogP contribution is -2.60. The molecule has 1 amide bonds. The summed E-state index contributed by atoms with van der Waals surface area (Å²) in [4.78, 5) is 42.6. The molecule has 6 rings (SSSR count). The van der Waals surface area contributed by atoms with Crippen LogP contribution in [0.3, 0.4) is 0 Å². The molecule has 18 atom stereocenters. The van der Waals surface area contributed by atoms with Gasteiger partial charge in [0.1, 0.15) is 12.2 Å². The van der Waals surface area contributed by atoms with Crippen LogP contribution in [0.15, 0.2) is 30.5 Å². The highest BCUT2D eigenvalue weighted by Gasteiger charge is 2.57. The highest BCUT2D eigenvalue weighted by Crippen LogP contribution is 2.42. The lowest BCUT2D eigenvalue weighted by atomic mass is 9.77. The number of aryl methyl sites for hydroxylation is 2. The van der Waals surface area contributed by atoms with Crippen LogP contribution in [0.2, 0.25) is 0 Å². The minimum Gasteiger partial charge on any atom is -0.458 e. The maximum atomic E-state index is 14.7. The Morgan fingerprint density at radius 2 is 1.70 bits per heavy atom. The summed E-state index contributed by atoms with van der Waals surface area (Å²) in [6.07, 6.45) is -2.66. The fraction of sp³-hybridized carbons (Fsp3) is 0.804. The number of nitrogens with one attached hydrogen (secondary N) is 1. The number of nitro groups is 1. The average Bonchev–Trinajstić information content (AvgIpc) is 3.91. The molecule has 1 aromatic carbocycles. The van der Waals surface area contributed by atoms with E-state index < -0.39 is 94.7 Å². The summed E-state index contributed by atoms with van der Waals surface area (Å²) in [5.74, 6) is -2.38. The van der Waals surface area contributed by atoms with Gasteiger partial charge in [-0.25, -0.2) is 4.79 Å². The predicted octanol–water partition coefficient (Wildman–Crippen LogP) is 5.29. The number of non-ortho nitro benzene ring substituents is 1. The number of esters is 1. The topological polar surface area (TPSA) is 232 Å². The smallest absolute Gasteiger partial charge is 0.408 e. The molecule has 2 aromatic rings. The first-order chi connectivity index (χ1) is 33.3. The van der Waals surface area contributed by atoms with Gasteiger partial charge in [-0.2, -0.15) is 0 Å². The van der Waals surface area contributed by atoms with E-state index in [9.17, 15) is 29.9 Å². The second-order valence-electron chi connectivity index (χ2n) is 21.9. The van der Waals surface area contributed by atoms with Gasteiger partial charge in [0.25, 0.3) is 5.69 Å². The zero-order valence-corrected chi connectivity index (χ0v) is 44.5. The number of aromatic nitrogens is 3. The molecule has 4 fully saturated rings. The quantitative estimate of drug-likeness (QED) is 0.124. The molecule has 5 heterocycles. The number of nitrogens with zero attached hydrogens (tertiary/aromatic N) is 6. The van der Waals surface area contributed by atoms with Gasteiger partial charge in [0, 0.05) is 81.8 Å². The normalized spacial score (nSPS) is 40.0. The molecule has 3 N–H and O–H groups in total. The first-order valence-electron chi connectivity index (χ1n) is 25.6. The van der Waals surface area contributed by atoms with E-state index in [1.807, 2.05) is 68.8 Å². The Kier molecular flexibility index (Phi) is 18.4. The second-order valence-corrected chi connectivity index (χ2v) is 21.9. The Hall–Kier alpha value is -3.86. The average molecular weight is 1000 g/mol. The zero-order chi connectivity index (χ0) is 52.3. The third-order valence-electron chi connectivity index (χ3n) is 16.4. The highest BCUT2D eigenvalue weighted by atomic mass is 16.7. The first-order valence-corrected chi connectivity index (χ1v) is 25.6. The van der Waals surface area contributed by atoms with Crippen molar-refractivity contribution in [2.45, 2.75) is 205 Å². The van der Waals surface area contributed by atoms with E-state index in [1.54, 1.807) is 37.8 Å². The number of hydrogen-bond donors (Lipinski definition) is 3. The van der Waals surface area contributed by atoms with Crippen LogP contribution in [0.4, 0.5) is 10.5 Å². The Bertz CT molecular complexity index is 2100. The van der Waals surface area contributed by atoms with E-state index in [4.69, 9.17) is 33.2 Å². The fourth-order valence-electron chi connectivity index (χ4n) is 11.6. The molecule has 0 spiro atoms. The molecule has 4 aliphatic rings. The molecule has 4 aliphatic heterocycles. The fourth-order valence-corrected chi connectivity index (χ4v) is 11.6. The van der Waals surface area contributed by atoms with Gasteiger partial charge in [-0.05, 0) is 99.7 Å². The number of cyclic esters (lactones) is 1. The summed E-state index contributed by atoms with van der Waals surface area (Å²) in [5, 5.41) is 48.0. The molecule has 0 unspecified atom stereocenters. The van der Waals surface area contributed by atoms with Gasteiger partial charge in [0.15, 0.2) is 18.2 Å². The molecule has 0 saturated carbocycles. The van der Waals surface area contributed by atoms with Gasteiger partial charge in [-0.15, -0.1) is 5.10 Å². The van der Waals surface area contributed by atoms with Crippen molar-refractivity contribution >= 4 is 17.7 Å². The summed E-state index contributed by atoms with van der Waals surface area (Å²) in [6.45, 7) is 22.7. The van der Waals surface area contributed by atoms with Crippen molar-refractivity contribution in [1.29, 1.82) is 0 Å². The SMILES string of the molecule is CC[C@H]1OC(=O)[C@H](C)[C@@H](O[C@H]2C[C@@](C)(OC)[C@@H](C)[C@H](C)O2)[C@H](C)[C@@H](O[C@@H]2O[C@H](C)C[C@H](N(C)CCc3cn(CCc4ccc([N+](=O)[O-])cc4)nn3)[C@H]2O)[C@](C)(O)C[C@@H](C)CN(C)[C@H](C)[C@H]2NC(=O)O[C@@]21C. The van der Waals surface area contributed by atoms with Crippen LogP contribution >= 0.6 is 0 Å². The number of likely N-dealkylation sites (N-methyl/N-ethyl adjacent to an activating group) is 2. The number of carbonyl (C=O) groups excluding carboxylic acids is 2. The van der Waals surface area contributed by atoms with Crippen LogP contribution < -0.4 is 5.32 Å². The number of carbonyl (C=O) groups is 2. The van der Waals surface area contributed by atoms with E-state index in [2.05, 4.69) is 39.3 Å². The number of rotatable bonds is 14. The van der Waals surface area contributed by atoms with Gasteiger partial charge in [-0.3, -0.25) is 19.6 Å². The number of nitro benzene ring substituents is 1. The predicted molar refractivity (Wildman–Crippen MR) is 262 cm³/mol. The van der Waals surface area contributed by atoms with Crippen molar-refractivity contribution in [3.05, 3.63) is 51.8 Å². The van der Waals surface area contributed by atoms with E-state index in [1.165, 1.54) is 12.1 Å². The molecule has 0 aliphatic carbocycles. The number of aliphatic hydroxyl groups excluding tert-OH is 1. The Morgan fingerprint density at radius 3 is 2.35 bits per heavy atom. The number of hydrogen-bond acceptors (Lipinski definition) is 17. The Balaban J connectivity index is 1.27. The summed E-state index contributed by atoms with van der Waals surface area (Å²) >= 11 is 0. The van der Waals surface area contributed by atoms with Crippen LogP contribution in [-0.2, 0) is 57.3 Å². The molecule has 0 bridgehead atoms. The van der Waals surface area contributed by atoms with Crippen molar-refractivity contribution in [2.24, 2.45) is 23.7 Å². The lowest BCUT2D eigenvalue weighted by molar-refractivity contribution is -0.384. The van der Waals surface area contributed by atoms with Gasteiger partial charge in [-0.1, -0.05) is 45.0 Å². The van der Waals surface area contributed by atoms with Crippen LogP contribution in [-0.4, -0.2) is 170 Å². The van der Waals surface area contributed by atoms with Gasteiger partial charge in [0.2, 0.25) is 0 Å². The number of benzene rings is 1. The van der Waals surface area contributed by atoms with E-state index in [0.717, 1.165) is 11.3 Å². The number of fused-ring (bicyclic) bond motifs is 1. The molecular weight excluding hydrogens is 919 g/mol. The molecule has 0 radical (unpaired) electrons. The number of ether oxygens (including phenoxy) is 7. The third-order valence-corrected chi connectivity index (χ3v) is 16.4. The summed E-state index contributed by atoms with van der Waals surface area (Å²) in [6, 6.07) is 5.27. The summed E-state index contributed by atoms with van der Waals surface area (Å²) in [5.41, 5.74) is -1.64. The van der Waals surface area contributed by atoms with Gasteiger partial charge >= 0.3 is 12.1 Å². The van der Waals surface area contributed by atoms with Crippen molar-refractivity contribution in [3.8, 4) is 0 Å². The van der Waals surface area contributed by atoms with Crippen LogP contribution in [0.25, 0.3) is 0 Å². The Morgan fingerprint density at radius 1 is 1.01 bits per heavy atom. The molecular formula is C51H83N7O13. The van der Waals surface area contributed by atoms with Gasteiger partial charge in [0.05, 0.1) is 58.2 Å². The van der Waals surface area contributed by atoms with E-state index >= 15 is 0 Å². The number of amides is 1. The van der Waals surface area contributed by atoms with E-state index in [-0.39, 0.29) is 42.2 Å². The highest BCUT2D eigenvalue weighted by molar-refractivity contribution is 5.74. The summed E-state index contributed by atoms with van der Waals surface area (Å²) in [7, 11) is 5.57. The van der Waals surface area contributed by atoms with Crippen LogP contribution in [0.5, 0.6) is 0 Å². The maximum Gasteiger partial charge on any atom is 0.408 e. The molecule has 400 valence electrons.